The molecule has 0 unspecified atom stereocenters. The predicted molar refractivity (Wildman–Crippen MR) is 63.0 cm³/mol. The summed E-state index contributed by atoms with van der Waals surface area (Å²) in [6.45, 7) is 1.25. The van der Waals surface area contributed by atoms with Crippen LogP contribution in [0.3, 0.4) is 0 Å². The lowest BCUT2D eigenvalue weighted by Crippen LogP contribution is -2.57. The summed E-state index contributed by atoms with van der Waals surface area (Å²) in [4.78, 5) is 13.6. The average molecular weight is 290 g/mol. The summed E-state index contributed by atoms with van der Waals surface area (Å²) in [7, 11) is 0. The maximum absolute atomic E-state index is 11.9. The third-order valence-electron chi connectivity index (χ3n) is 2.36. The molecule has 80 valence electrons. The van der Waals surface area contributed by atoms with Crippen molar-refractivity contribution in [3.8, 4) is 0 Å². The number of amides is 1. The first-order valence-electron chi connectivity index (χ1n) is 4.58. The Balaban J connectivity index is 2.22. The SMILES string of the molecule is NC1CN(C(=O)c2cc(Cl)ccc2Br)C1. The largest absolute Gasteiger partial charge is 0.335 e. The van der Waals surface area contributed by atoms with Crippen molar-refractivity contribution < 1.29 is 4.79 Å². The van der Waals surface area contributed by atoms with Crippen LogP contribution >= 0.6 is 27.5 Å². The second-order valence-corrected chi connectivity index (χ2v) is 4.89. The van der Waals surface area contributed by atoms with Crippen LogP contribution < -0.4 is 5.73 Å². The highest BCUT2D eigenvalue weighted by Gasteiger charge is 2.29. The monoisotopic (exact) mass is 288 g/mol. The van der Waals surface area contributed by atoms with Gasteiger partial charge in [0, 0.05) is 28.6 Å². The second kappa shape index (κ2) is 4.12. The number of likely N-dealkylation sites (tertiary alicyclic amines) is 1. The van der Waals surface area contributed by atoms with Gasteiger partial charge in [-0.05, 0) is 34.1 Å². The molecule has 1 aromatic carbocycles. The van der Waals surface area contributed by atoms with Crippen molar-refractivity contribution in [2.75, 3.05) is 13.1 Å². The zero-order valence-electron chi connectivity index (χ0n) is 7.91. The molecule has 2 rings (SSSR count). The molecule has 0 bridgehead atoms. The van der Waals surface area contributed by atoms with Crippen molar-refractivity contribution in [1.82, 2.24) is 4.90 Å². The van der Waals surface area contributed by atoms with Crippen molar-refractivity contribution in [3.05, 3.63) is 33.3 Å². The van der Waals surface area contributed by atoms with E-state index in [1.165, 1.54) is 0 Å². The molecule has 0 aliphatic carbocycles. The van der Waals surface area contributed by atoms with E-state index in [4.69, 9.17) is 17.3 Å². The third-order valence-corrected chi connectivity index (χ3v) is 3.28. The van der Waals surface area contributed by atoms with Crippen molar-refractivity contribution >= 4 is 33.4 Å². The smallest absolute Gasteiger partial charge is 0.255 e. The molecule has 0 atom stereocenters. The average Bonchev–Trinajstić information content (AvgIpc) is 2.16. The van der Waals surface area contributed by atoms with Crippen LogP contribution in [0.1, 0.15) is 10.4 Å². The first-order valence-corrected chi connectivity index (χ1v) is 5.75. The molecule has 1 heterocycles. The quantitative estimate of drug-likeness (QED) is 0.858. The van der Waals surface area contributed by atoms with Gasteiger partial charge in [-0.15, -0.1) is 0 Å². The van der Waals surface area contributed by atoms with Gasteiger partial charge in [0.1, 0.15) is 0 Å². The van der Waals surface area contributed by atoms with E-state index < -0.39 is 0 Å². The van der Waals surface area contributed by atoms with Crippen molar-refractivity contribution in [2.24, 2.45) is 5.73 Å². The summed E-state index contributed by atoms with van der Waals surface area (Å²) in [5.41, 5.74) is 6.21. The van der Waals surface area contributed by atoms with Crippen LogP contribution in [0.2, 0.25) is 5.02 Å². The van der Waals surface area contributed by atoms with Gasteiger partial charge in [0.05, 0.1) is 5.56 Å². The minimum absolute atomic E-state index is 0.0222. The minimum Gasteiger partial charge on any atom is -0.335 e. The molecule has 1 amide bonds. The van der Waals surface area contributed by atoms with E-state index in [0.717, 1.165) is 4.47 Å². The summed E-state index contributed by atoms with van der Waals surface area (Å²) in [5, 5.41) is 0.561. The molecule has 1 aliphatic rings. The summed E-state index contributed by atoms with van der Waals surface area (Å²) in [5.74, 6) is -0.0222. The highest BCUT2D eigenvalue weighted by Crippen LogP contribution is 2.24. The number of carbonyl (C=O) groups is 1. The van der Waals surface area contributed by atoms with Crippen LogP contribution in [0.25, 0.3) is 0 Å². The Labute approximate surface area is 101 Å². The van der Waals surface area contributed by atoms with E-state index in [0.29, 0.717) is 23.7 Å². The summed E-state index contributed by atoms with van der Waals surface area (Å²) < 4.78 is 0.761. The number of halogens is 2. The van der Waals surface area contributed by atoms with Crippen LogP contribution in [0.5, 0.6) is 0 Å². The van der Waals surface area contributed by atoms with E-state index >= 15 is 0 Å². The van der Waals surface area contributed by atoms with E-state index in [2.05, 4.69) is 15.9 Å². The Kier molecular flexibility index (Phi) is 3.00. The fourth-order valence-corrected chi connectivity index (χ4v) is 2.10. The number of nitrogens with zero attached hydrogens (tertiary/aromatic N) is 1. The van der Waals surface area contributed by atoms with E-state index in [-0.39, 0.29) is 11.9 Å². The van der Waals surface area contributed by atoms with E-state index in [1.807, 2.05) is 0 Å². The van der Waals surface area contributed by atoms with Gasteiger partial charge in [0.2, 0.25) is 0 Å². The summed E-state index contributed by atoms with van der Waals surface area (Å²) in [6, 6.07) is 5.30. The van der Waals surface area contributed by atoms with E-state index in [1.54, 1.807) is 23.1 Å². The summed E-state index contributed by atoms with van der Waals surface area (Å²) >= 11 is 9.17. The molecule has 5 heteroatoms. The van der Waals surface area contributed by atoms with Crippen LogP contribution in [0, 0.1) is 0 Å². The first kappa shape index (κ1) is 10.9. The molecule has 2 N–H and O–H groups in total. The number of hydrogen-bond donors (Lipinski definition) is 1. The molecule has 3 nitrogen and oxygen atoms in total. The highest BCUT2D eigenvalue weighted by molar-refractivity contribution is 9.10. The Morgan fingerprint density at radius 2 is 2.20 bits per heavy atom. The third kappa shape index (κ3) is 2.17. The highest BCUT2D eigenvalue weighted by atomic mass is 79.9. The maximum Gasteiger partial charge on any atom is 0.255 e. The molecule has 1 aromatic rings. The van der Waals surface area contributed by atoms with Crippen LogP contribution in [-0.2, 0) is 0 Å². The molecule has 0 saturated carbocycles. The Morgan fingerprint density at radius 3 is 2.80 bits per heavy atom. The van der Waals surface area contributed by atoms with Crippen LogP contribution in [0.15, 0.2) is 22.7 Å². The Bertz CT molecular complexity index is 404. The molecule has 0 aromatic heterocycles. The van der Waals surface area contributed by atoms with Gasteiger partial charge < -0.3 is 10.6 Å². The maximum atomic E-state index is 11.9. The minimum atomic E-state index is -0.0222. The van der Waals surface area contributed by atoms with Gasteiger partial charge in [-0.25, -0.2) is 0 Å². The molecule has 0 radical (unpaired) electrons. The summed E-state index contributed by atoms with van der Waals surface area (Å²) in [6.07, 6.45) is 0. The molecule has 1 saturated heterocycles. The Hall–Kier alpha value is -0.580. The van der Waals surface area contributed by atoms with Crippen LogP contribution in [0.4, 0.5) is 0 Å². The molecular weight excluding hydrogens is 279 g/mol. The number of hydrogen-bond acceptors (Lipinski definition) is 2. The molecular formula is C10H10BrClN2O. The second-order valence-electron chi connectivity index (χ2n) is 3.59. The number of nitrogens with two attached hydrogens (primary N) is 1. The van der Waals surface area contributed by atoms with Crippen molar-refractivity contribution in [3.63, 3.8) is 0 Å². The van der Waals surface area contributed by atoms with Gasteiger partial charge >= 0.3 is 0 Å². The first-order chi connectivity index (χ1) is 7.08. The Morgan fingerprint density at radius 1 is 1.53 bits per heavy atom. The molecule has 1 aliphatic heterocycles. The lowest BCUT2D eigenvalue weighted by atomic mass is 10.1. The zero-order chi connectivity index (χ0) is 11.0. The van der Waals surface area contributed by atoms with Gasteiger partial charge in [-0.2, -0.15) is 0 Å². The lowest BCUT2D eigenvalue weighted by molar-refractivity contribution is 0.0607. The van der Waals surface area contributed by atoms with Gasteiger partial charge in [0.15, 0.2) is 0 Å². The zero-order valence-corrected chi connectivity index (χ0v) is 10.3. The van der Waals surface area contributed by atoms with Crippen LogP contribution in [-0.4, -0.2) is 29.9 Å². The molecule has 0 spiro atoms. The standard InChI is InChI=1S/C10H10BrClN2O/c11-9-2-1-6(12)3-8(9)10(15)14-4-7(13)5-14/h1-3,7H,4-5,13H2. The normalized spacial score (nSPS) is 16.3. The topological polar surface area (TPSA) is 46.3 Å². The molecule has 15 heavy (non-hydrogen) atoms. The van der Waals surface area contributed by atoms with E-state index in [9.17, 15) is 4.79 Å². The molecule has 1 fully saturated rings. The van der Waals surface area contributed by atoms with Crippen molar-refractivity contribution in [2.45, 2.75) is 6.04 Å². The lowest BCUT2D eigenvalue weighted by Gasteiger charge is -2.37. The number of benzene rings is 1. The van der Waals surface area contributed by atoms with Crippen molar-refractivity contribution in [1.29, 1.82) is 0 Å². The predicted octanol–water partition coefficient (Wildman–Crippen LogP) is 1.89. The van der Waals surface area contributed by atoms with Gasteiger partial charge in [0.25, 0.3) is 5.91 Å². The fraction of sp³-hybridized carbons (Fsp3) is 0.300. The number of rotatable bonds is 1. The number of carbonyl (C=O) groups excluding carboxylic acids is 1. The fourth-order valence-electron chi connectivity index (χ4n) is 1.51. The van der Waals surface area contributed by atoms with Gasteiger partial charge in [-0.1, -0.05) is 11.6 Å². The van der Waals surface area contributed by atoms with Gasteiger partial charge in [-0.3, -0.25) is 4.79 Å².